The summed E-state index contributed by atoms with van der Waals surface area (Å²) < 4.78 is 4.66. The predicted molar refractivity (Wildman–Crippen MR) is 77.7 cm³/mol. The van der Waals surface area contributed by atoms with E-state index in [0.717, 1.165) is 18.4 Å². The van der Waals surface area contributed by atoms with E-state index in [1.54, 1.807) is 26.0 Å². The lowest BCUT2D eigenvalue weighted by Gasteiger charge is -2.22. The van der Waals surface area contributed by atoms with Gasteiger partial charge in [0.2, 0.25) is 5.91 Å². The average molecular weight is 291 g/mol. The molecule has 21 heavy (non-hydrogen) atoms. The van der Waals surface area contributed by atoms with Crippen LogP contribution >= 0.6 is 0 Å². The Balaban J connectivity index is 2.10. The zero-order chi connectivity index (χ0) is 15.6. The first kappa shape index (κ1) is 15.5. The van der Waals surface area contributed by atoms with Crippen LogP contribution in [0.25, 0.3) is 0 Å². The number of carbonyl (C=O) groups is 2. The van der Waals surface area contributed by atoms with Crippen molar-refractivity contribution in [3.63, 3.8) is 0 Å². The van der Waals surface area contributed by atoms with Crippen molar-refractivity contribution in [2.24, 2.45) is 5.92 Å². The summed E-state index contributed by atoms with van der Waals surface area (Å²) in [4.78, 5) is 23.4. The van der Waals surface area contributed by atoms with Crippen LogP contribution in [0.4, 0.5) is 0 Å². The van der Waals surface area contributed by atoms with E-state index in [2.05, 4.69) is 10.1 Å². The molecule has 0 radical (unpaired) electrons. The second-order valence-electron chi connectivity index (χ2n) is 5.83. The zero-order valence-electron chi connectivity index (χ0n) is 12.6. The molecule has 0 aromatic heterocycles. The summed E-state index contributed by atoms with van der Waals surface area (Å²) in [5.74, 6) is -0.854. The molecule has 1 aliphatic rings. The molecule has 0 saturated heterocycles. The number of hydrogen-bond acceptors (Lipinski definition) is 4. The largest absolute Gasteiger partial charge is 0.465 e. The van der Waals surface area contributed by atoms with Gasteiger partial charge < -0.3 is 15.2 Å². The normalized spacial score (nSPS) is 17.2. The highest BCUT2D eigenvalue weighted by Crippen LogP contribution is 2.45. The van der Waals surface area contributed by atoms with Crippen LogP contribution in [0.3, 0.4) is 0 Å². The number of aliphatic hydroxyl groups is 1. The summed E-state index contributed by atoms with van der Waals surface area (Å²) >= 11 is 0. The molecular weight excluding hydrogens is 270 g/mol. The summed E-state index contributed by atoms with van der Waals surface area (Å²) in [7, 11) is 1.34. The second-order valence-corrected chi connectivity index (χ2v) is 5.83. The topological polar surface area (TPSA) is 75.6 Å². The monoisotopic (exact) mass is 291 g/mol. The molecule has 1 aromatic carbocycles. The minimum absolute atomic E-state index is 0.123. The van der Waals surface area contributed by atoms with Crippen LogP contribution in [0.15, 0.2) is 24.3 Å². The van der Waals surface area contributed by atoms with Crippen LogP contribution in [0.5, 0.6) is 0 Å². The molecule has 1 aromatic rings. The van der Waals surface area contributed by atoms with Crippen molar-refractivity contribution in [2.45, 2.75) is 38.3 Å². The van der Waals surface area contributed by atoms with Crippen molar-refractivity contribution in [2.75, 3.05) is 7.11 Å². The Morgan fingerprint density at radius 2 is 1.81 bits per heavy atom. The van der Waals surface area contributed by atoms with E-state index >= 15 is 0 Å². The lowest BCUT2D eigenvalue weighted by molar-refractivity contribution is -0.132. The summed E-state index contributed by atoms with van der Waals surface area (Å²) in [6, 6.07) is 7.01. The van der Waals surface area contributed by atoms with Gasteiger partial charge >= 0.3 is 5.97 Å². The van der Waals surface area contributed by atoms with E-state index in [9.17, 15) is 14.7 Å². The Labute approximate surface area is 124 Å². The number of nitrogens with one attached hydrogen (secondary N) is 1. The van der Waals surface area contributed by atoms with Crippen LogP contribution in [-0.4, -0.2) is 30.2 Å². The number of benzene rings is 1. The van der Waals surface area contributed by atoms with Gasteiger partial charge in [-0.3, -0.25) is 4.79 Å². The minimum Gasteiger partial charge on any atom is -0.465 e. The minimum atomic E-state index is -1.00. The molecule has 0 aliphatic heterocycles. The molecule has 1 fully saturated rings. The van der Waals surface area contributed by atoms with Crippen molar-refractivity contribution in [1.82, 2.24) is 5.32 Å². The standard InChI is InChI=1S/C16H21NO4/c1-10(2)13(18)14(19)17-16(8-9-16)12-6-4-11(5-7-12)15(20)21-3/h4-7,10,13,18H,8-9H2,1-3H3,(H,17,19)/t13-/m1/s1. The molecule has 114 valence electrons. The van der Waals surface area contributed by atoms with Crippen molar-refractivity contribution >= 4 is 11.9 Å². The smallest absolute Gasteiger partial charge is 0.337 e. The lowest BCUT2D eigenvalue weighted by atomic mass is 10.0. The molecule has 5 heteroatoms. The number of esters is 1. The van der Waals surface area contributed by atoms with E-state index in [1.165, 1.54) is 7.11 Å². The Hall–Kier alpha value is -1.88. The first-order valence-corrected chi connectivity index (χ1v) is 7.08. The molecule has 5 nitrogen and oxygen atoms in total. The molecular formula is C16H21NO4. The van der Waals surface area contributed by atoms with Crippen LogP contribution < -0.4 is 5.32 Å². The van der Waals surface area contributed by atoms with E-state index in [0.29, 0.717) is 5.56 Å². The maximum Gasteiger partial charge on any atom is 0.337 e. The summed E-state index contributed by atoms with van der Waals surface area (Å²) in [5.41, 5.74) is 1.02. The highest BCUT2D eigenvalue weighted by atomic mass is 16.5. The number of methoxy groups -OCH3 is 1. The van der Waals surface area contributed by atoms with E-state index in [4.69, 9.17) is 0 Å². The number of ether oxygens (including phenoxy) is 1. The van der Waals surface area contributed by atoms with Crippen molar-refractivity contribution in [3.05, 3.63) is 35.4 Å². The maximum atomic E-state index is 12.0. The van der Waals surface area contributed by atoms with Crippen molar-refractivity contribution < 1.29 is 19.4 Å². The summed E-state index contributed by atoms with van der Waals surface area (Å²) in [5, 5.41) is 12.7. The van der Waals surface area contributed by atoms with Gasteiger partial charge in [-0.1, -0.05) is 26.0 Å². The van der Waals surface area contributed by atoms with Crippen LogP contribution in [0.1, 0.15) is 42.6 Å². The average Bonchev–Trinajstić information content (AvgIpc) is 3.26. The predicted octanol–water partition coefficient (Wildman–Crippen LogP) is 1.60. The van der Waals surface area contributed by atoms with E-state index in [1.807, 2.05) is 12.1 Å². The number of amides is 1. The summed E-state index contributed by atoms with van der Waals surface area (Å²) in [6.07, 6.45) is 0.666. The molecule has 0 heterocycles. The molecule has 1 amide bonds. The zero-order valence-corrected chi connectivity index (χ0v) is 12.6. The number of rotatable bonds is 5. The second kappa shape index (κ2) is 5.85. The maximum absolute atomic E-state index is 12.0. The van der Waals surface area contributed by atoms with Gasteiger partial charge in [-0.25, -0.2) is 4.79 Å². The van der Waals surface area contributed by atoms with Crippen molar-refractivity contribution in [3.8, 4) is 0 Å². The third kappa shape index (κ3) is 3.24. The number of carbonyl (C=O) groups excluding carboxylic acids is 2. The fraction of sp³-hybridized carbons (Fsp3) is 0.500. The highest BCUT2D eigenvalue weighted by molar-refractivity contribution is 5.89. The molecule has 1 atom stereocenters. The van der Waals surface area contributed by atoms with E-state index < -0.39 is 11.6 Å². The molecule has 0 spiro atoms. The van der Waals surface area contributed by atoms with Crippen LogP contribution in [0.2, 0.25) is 0 Å². The number of aliphatic hydroxyl groups excluding tert-OH is 1. The van der Waals surface area contributed by atoms with Gasteiger partial charge in [-0.05, 0) is 36.5 Å². The molecule has 2 rings (SSSR count). The van der Waals surface area contributed by atoms with Gasteiger partial charge in [0.05, 0.1) is 18.2 Å². The van der Waals surface area contributed by atoms with Gasteiger partial charge in [-0.2, -0.15) is 0 Å². The van der Waals surface area contributed by atoms with Gasteiger partial charge in [0.25, 0.3) is 0 Å². The third-order valence-corrected chi connectivity index (χ3v) is 3.87. The van der Waals surface area contributed by atoms with Gasteiger partial charge in [0, 0.05) is 0 Å². The Bertz CT molecular complexity index is 532. The SMILES string of the molecule is COC(=O)c1ccc(C2(NC(=O)[C@H](O)C(C)C)CC2)cc1. The van der Waals surface area contributed by atoms with Gasteiger partial charge in [0.15, 0.2) is 0 Å². The first-order chi connectivity index (χ1) is 9.89. The molecule has 2 N–H and O–H groups in total. The fourth-order valence-corrected chi connectivity index (χ4v) is 2.27. The lowest BCUT2D eigenvalue weighted by Crippen LogP contribution is -2.43. The first-order valence-electron chi connectivity index (χ1n) is 7.08. The third-order valence-electron chi connectivity index (χ3n) is 3.87. The van der Waals surface area contributed by atoms with Gasteiger partial charge in [-0.15, -0.1) is 0 Å². The number of hydrogen-bond donors (Lipinski definition) is 2. The Kier molecular flexibility index (Phi) is 4.32. The molecule has 1 saturated carbocycles. The molecule has 1 aliphatic carbocycles. The summed E-state index contributed by atoms with van der Waals surface area (Å²) in [6.45, 7) is 3.60. The van der Waals surface area contributed by atoms with Crippen LogP contribution in [-0.2, 0) is 15.1 Å². The fourth-order valence-electron chi connectivity index (χ4n) is 2.27. The quantitative estimate of drug-likeness (QED) is 0.808. The molecule has 0 bridgehead atoms. The highest BCUT2D eigenvalue weighted by Gasteiger charge is 2.46. The van der Waals surface area contributed by atoms with Crippen molar-refractivity contribution in [1.29, 1.82) is 0 Å². The van der Waals surface area contributed by atoms with Crippen LogP contribution in [0, 0.1) is 5.92 Å². The molecule has 0 unspecified atom stereocenters. The van der Waals surface area contributed by atoms with E-state index in [-0.39, 0.29) is 17.8 Å². The van der Waals surface area contributed by atoms with Gasteiger partial charge in [0.1, 0.15) is 6.10 Å². The Morgan fingerprint density at radius 3 is 2.24 bits per heavy atom. The Morgan fingerprint density at radius 1 is 1.24 bits per heavy atom.